The molecule has 1 aromatic carbocycles. The van der Waals surface area contributed by atoms with E-state index >= 15 is 0 Å². The zero-order valence-electron chi connectivity index (χ0n) is 9.76. The van der Waals surface area contributed by atoms with Crippen molar-refractivity contribution in [2.75, 3.05) is 18.5 Å². The molecule has 0 radical (unpaired) electrons. The summed E-state index contributed by atoms with van der Waals surface area (Å²) >= 11 is 3.33. The van der Waals surface area contributed by atoms with Crippen molar-refractivity contribution in [3.8, 4) is 0 Å². The van der Waals surface area contributed by atoms with Gasteiger partial charge >= 0.3 is 5.97 Å². The highest BCUT2D eigenvalue weighted by molar-refractivity contribution is 9.10. The van der Waals surface area contributed by atoms with Gasteiger partial charge in [0.05, 0.1) is 6.54 Å². The number of anilines is 1. The molecule has 0 unspecified atom stereocenters. The lowest BCUT2D eigenvalue weighted by Gasteiger charge is -2.20. The Bertz CT molecular complexity index is 500. The first-order valence-corrected chi connectivity index (χ1v) is 5.89. The van der Waals surface area contributed by atoms with Crippen LogP contribution in [0, 0.1) is 0 Å². The summed E-state index contributed by atoms with van der Waals surface area (Å²) in [6.07, 6.45) is 2.52. The highest BCUT2D eigenvalue weighted by Gasteiger charge is 2.09. The summed E-state index contributed by atoms with van der Waals surface area (Å²) < 4.78 is 0.835. The smallest absolute Gasteiger partial charge is 0.328 e. The predicted molar refractivity (Wildman–Crippen MR) is 73.3 cm³/mol. The first kappa shape index (κ1) is 14.2. The first-order chi connectivity index (χ1) is 8.40. The highest BCUT2D eigenvalue weighted by atomic mass is 79.9. The summed E-state index contributed by atoms with van der Waals surface area (Å²) in [7, 11) is 1.71. The lowest BCUT2D eigenvalue weighted by Crippen LogP contribution is -2.30. The van der Waals surface area contributed by atoms with Crippen molar-refractivity contribution in [3.63, 3.8) is 0 Å². The molecule has 1 aromatic rings. The number of nitrogens with two attached hydrogens (primary N) is 1. The van der Waals surface area contributed by atoms with Crippen molar-refractivity contribution in [2.24, 2.45) is 5.73 Å². The van der Waals surface area contributed by atoms with Gasteiger partial charge in [0.1, 0.15) is 0 Å². The number of rotatable bonds is 5. The topological polar surface area (TPSA) is 83.6 Å². The second kappa shape index (κ2) is 6.20. The Labute approximate surface area is 113 Å². The number of carboxylic acid groups (broad SMARTS) is 1. The SMILES string of the molecule is CN(CC(N)=O)c1cc(Br)ccc1/C=C/C(=O)O. The summed E-state index contributed by atoms with van der Waals surface area (Å²) in [5.74, 6) is -1.48. The van der Waals surface area contributed by atoms with E-state index in [1.54, 1.807) is 30.1 Å². The maximum Gasteiger partial charge on any atom is 0.328 e. The van der Waals surface area contributed by atoms with Crippen molar-refractivity contribution < 1.29 is 14.7 Å². The molecule has 18 heavy (non-hydrogen) atoms. The number of likely N-dealkylation sites (N-methyl/N-ethyl adjacent to an activating group) is 1. The third kappa shape index (κ3) is 4.21. The molecule has 1 rings (SSSR count). The molecule has 0 saturated carbocycles. The van der Waals surface area contributed by atoms with Crippen molar-refractivity contribution in [2.45, 2.75) is 0 Å². The van der Waals surface area contributed by atoms with E-state index in [0.29, 0.717) is 5.56 Å². The van der Waals surface area contributed by atoms with Gasteiger partial charge in [-0.1, -0.05) is 22.0 Å². The van der Waals surface area contributed by atoms with Gasteiger partial charge in [0.2, 0.25) is 5.91 Å². The van der Waals surface area contributed by atoms with Crippen molar-refractivity contribution in [1.82, 2.24) is 0 Å². The molecule has 5 nitrogen and oxygen atoms in total. The predicted octanol–water partition coefficient (Wildman–Crippen LogP) is 1.47. The Hall–Kier alpha value is -1.82. The Kier molecular flexibility index (Phi) is 4.91. The zero-order chi connectivity index (χ0) is 13.7. The monoisotopic (exact) mass is 312 g/mol. The number of hydrogen-bond donors (Lipinski definition) is 2. The molecule has 0 aliphatic carbocycles. The van der Waals surface area contributed by atoms with Gasteiger partial charge in [-0.3, -0.25) is 4.79 Å². The fourth-order valence-electron chi connectivity index (χ4n) is 1.47. The van der Waals surface area contributed by atoms with Crippen molar-refractivity contribution >= 4 is 39.6 Å². The van der Waals surface area contributed by atoms with Gasteiger partial charge in [-0.15, -0.1) is 0 Å². The maximum atomic E-state index is 10.9. The largest absolute Gasteiger partial charge is 0.478 e. The molecule has 0 spiro atoms. The van der Waals surface area contributed by atoms with Crippen LogP contribution in [0.5, 0.6) is 0 Å². The molecule has 0 aromatic heterocycles. The second-order valence-electron chi connectivity index (χ2n) is 3.70. The number of primary amides is 1. The van der Waals surface area contributed by atoms with Gasteiger partial charge in [0, 0.05) is 23.3 Å². The quantitative estimate of drug-likeness (QED) is 0.806. The van der Waals surface area contributed by atoms with Gasteiger partial charge < -0.3 is 15.7 Å². The van der Waals surface area contributed by atoms with Crippen LogP contribution in [-0.4, -0.2) is 30.6 Å². The second-order valence-corrected chi connectivity index (χ2v) is 4.61. The van der Waals surface area contributed by atoms with Crippen LogP contribution in [0.15, 0.2) is 28.7 Å². The van der Waals surface area contributed by atoms with Crippen LogP contribution < -0.4 is 10.6 Å². The van der Waals surface area contributed by atoms with E-state index in [1.807, 2.05) is 0 Å². The third-order valence-corrected chi connectivity index (χ3v) is 2.70. The molecule has 1 amide bonds. The molecular weight excluding hydrogens is 300 g/mol. The molecule has 6 heteroatoms. The van der Waals surface area contributed by atoms with E-state index in [4.69, 9.17) is 10.8 Å². The van der Waals surface area contributed by atoms with Crippen LogP contribution >= 0.6 is 15.9 Å². The normalized spacial score (nSPS) is 10.6. The van der Waals surface area contributed by atoms with Gasteiger partial charge in [-0.2, -0.15) is 0 Å². The standard InChI is InChI=1S/C12H13BrN2O3/c1-15(7-11(14)16)10-6-9(13)4-2-8(10)3-5-12(17)18/h2-6H,7H2,1H3,(H2,14,16)(H,17,18)/b5-3+. The molecule has 96 valence electrons. The molecule has 0 heterocycles. The Morgan fingerprint density at radius 1 is 1.50 bits per heavy atom. The maximum absolute atomic E-state index is 10.9. The minimum atomic E-state index is -1.03. The van der Waals surface area contributed by atoms with E-state index in [9.17, 15) is 9.59 Å². The van der Waals surface area contributed by atoms with Crippen molar-refractivity contribution in [3.05, 3.63) is 34.3 Å². The van der Waals surface area contributed by atoms with Crippen LogP contribution in [0.4, 0.5) is 5.69 Å². The van der Waals surface area contributed by atoms with Gasteiger partial charge in [0.25, 0.3) is 0 Å². The molecule has 0 atom stereocenters. The number of halogens is 1. The van der Waals surface area contributed by atoms with Gasteiger partial charge in [0.15, 0.2) is 0 Å². The number of hydrogen-bond acceptors (Lipinski definition) is 3. The van der Waals surface area contributed by atoms with Crippen LogP contribution in [0.3, 0.4) is 0 Å². The molecule has 0 saturated heterocycles. The molecule has 3 N–H and O–H groups in total. The summed E-state index contributed by atoms with van der Waals surface area (Å²) in [5, 5.41) is 8.62. The summed E-state index contributed by atoms with van der Waals surface area (Å²) in [4.78, 5) is 23.1. The number of carboxylic acids is 1. The summed E-state index contributed by atoms with van der Waals surface area (Å²) in [6.45, 7) is 0.0599. The Balaban J connectivity index is 3.10. The summed E-state index contributed by atoms with van der Waals surface area (Å²) in [5.41, 5.74) is 6.56. The van der Waals surface area contributed by atoms with Crippen LogP contribution in [-0.2, 0) is 9.59 Å². The minimum absolute atomic E-state index is 0.0599. The zero-order valence-corrected chi connectivity index (χ0v) is 11.3. The highest BCUT2D eigenvalue weighted by Crippen LogP contribution is 2.25. The van der Waals surface area contributed by atoms with Crippen LogP contribution in [0.1, 0.15) is 5.56 Å². The first-order valence-electron chi connectivity index (χ1n) is 5.10. The number of carbonyl (C=O) groups excluding carboxylic acids is 1. The van der Waals surface area contributed by atoms with Gasteiger partial charge in [-0.25, -0.2) is 4.79 Å². The van der Waals surface area contributed by atoms with E-state index in [-0.39, 0.29) is 6.54 Å². The van der Waals surface area contributed by atoms with E-state index in [0.717, 1.165) is 16.2 Å². The third-order valence-electron chi connectivity index (χ3n) is 2.20. The van der Waals surface area contributed by atoms with Crippen LogP contribution in [0.2, 0.25) is 0 Å². The summed E-state index contributed by atoms with van der Waals surface area (Å²) in [6, 6.07) is 5.35. The lowest BCUT2D eigenvalue weighted by molar-refractivity contribution is -0.131. The number of nitrogens with zero attached hydrogens (tertiary/aromatic N) is 1. The molecule has 0 fully saturated rings. The van der Waals surface area contributed by atoms with Gasteiger partial charge in [-0.05, 0) is 23.8 Å². The van der Waals surface area contributed by atoms with Crippen LogP contribution in [0.25, 0.3) is 6.08 Å². The van der Waals surface area contributed by atoms with E-state index in [1.165, 1.54) is 6.08 Å². The minimum Gasteiger partial charge on any atom is -0.478 e. The Morgan fingerprint density at radius 2 is 2.17 bits per heavy atom. The van der Waals surface area contributed by atoms with E-state index in [2.05, 4.69) is 15.9 Å². The van der Waals surface area contributed by atoms with E-state index < -0.39 is 11.9 Å². The Morgan fingerprint density at radius 3 is 2.72 bits per heavy atom. The molecule has 0 aliphatic rings. The molecular formula is C12H13BrN2O3. The number of aliphatic carboxylic acids is 1. The molecule has 0 bridgehead atoms. The average molecular weight is 313 g/mol. The number of amides is 1. The lowest BCUT2D eigenvalue weighted by atomic mass is 10.1. The van der Waals surface area contributed by atoms with Crippen molar-refractivity contribution in [1.29, 1.82) is 0 Å². The fraction of sp³-hybridized carbons (Fsp3) is 0.167. The molecule has 0 aliphatic heterocycles. The number of benzene rings is 1. The fourth-order valence-corrected chi connectivity index (χ4v) is 1.82. The number of carbonyl (C=O) groups is 2. The average Bonchev–Trinajstić information content (AvgIpc) is 2.26.